The van der Waals surface area contributed by atoms with Crippen LogP contribution in [0.25, 0.3) is 22.2 Å². The Morgan fingerprint density at radius 3 is 2.73 bits per heavy atom. The van der Waals surface area contributed by atoms with Crippen LogP contribution in [0.2, 0.25) is 0 Å². The fourth-order valence-electron chi connectivity index (χ4n) is 2.40. The summed E-state index contributed by atoms with van der Waals surface area (Å²) in [6, 6.07) is 8.78. The molecule has 2 heterocycles. The number of carbonyl (C=O) groups is 1. The maximum Gasteiger partial charge on any atom is 0.308 e. The zero-order valence-corrected chi connectivity index (χ0v) is 14.8. The zero-order chi connectivity index (χ0) is 18.9. The number of aromatic hydroxyl groups is 1. The van der Waals surface area contributed by atoms with Gasteiger partial charge in [-0.1, -0.05) is 18.2 Å². The van der Waals surface area contributed by atoms with Crippen molar-refractivity contribution in [3.8, 4) is 22.8 Å². The molecule has 0 aliphatic carbocycles. The normalized spacial score (nSPS) is 11.5. The summed E-state index contributed by atoms with van der Waals surface area (Å²) in [7, 11) is -3.72. The minimum absolute atomic E-state index is 0.0337. The first-order valence-electron chi connectivity index (χ1n) is 7.71. The maximum atomic E-state index is 11.9. The van der Waals surface area contributed by atoms with Crippen LogP contribution in [0.5, 0.6) is 11.5 Å². The van der Waals surface area contributed by atoms with Gasteiger partial charge < -0.3 is 14.3 Å². The highest BCUT2D eigenvalue weighted by Gasteiger charge is 2.27. The average molecular weight is 376 g/mol. The lowest BCUT2D eigenvalue weighted by molar-refractivity contribution is -0.131. The smallest absolute Gasteiger partial charge is 0.308 e. The highest BCUT2D eigenvalue weighted by atomic mass is 32.2. The molecule has 2 N–H and O–H groups in total. The van der Waals surface area contributed by atoms with Crippen LogP contribution in [-0.4, -0.2) is 30.2 Å². The molecule has 26 heavy (non-hydrogen) atoms. The van der Waals surface area contributed by atoms with Crippen molar-refractivity contribution in [2.24, 2.45) is 0 Å². The summed E-state index contributed by atoms with van der Waals surface area (Å²) in [5, 5.41) is 11.2. The third-order valence-corrected chi connectivity index (χ3v) is 4.86. The number of aromatic nitrogens is 1. The highest BCUT2D eigenvalue weighted by Crippen LogP contribution is 2.47. The number of rotatable bonds is 5. The first-order valence-corrected chi connectivity index (χ1v) is 9.36. The Bertz CT molecular complexity index is 1080. The molecule has 9 heteroatoms. The quantitative estimate of drug-likeness (QED) is 0.657. The molecular weight excluding hydrogens is 360 g/mol. The third kappa shape index (κ3) is 3.33. The number of para-hydroxylation sites is 1. The number of pyridine rings is 1. The van der Waals surface area contributed by atoms with Gasteiger partial charge in [0.1, 0.15) is 0 Å². The lowest BCUT2D eigenvalue weighted by atomic mass is 10.1. The van der Waals surface area contributed by atoms with Crippen molar-refractivity contribution in [2.45, 2.75) is 13.8 Å². The van der Waals surface area contributed by atoms with Crippen molar-refractivity contribution in [2.75, 3.05) is 10.5 Å². The van der Waals surface area contributed by atoms with E-state index in [4.69, 9.17) is 9.15 Å². The number of benzene rings is 1. The van der Waals surface area contributed by atoms with Crippen molar-refractivity contribution in [3.63, 3.8) is 0 Å². The summed E-state index contributed by atoms with van der Waals surface area (Å²) in [5.41, 5.74) is 1.13. The first-order chi connectivity index (χ1) is 12.3. The predicted molar refractivity (Wildman–Crippen MR) is 95.5 cm³/mol. The lowest BCUT2D eigenvalue weighted by Crippen LogP contribution is -2.15. The number of esters is 1. The molecule has 0 saturated carbocycles. The van der Waals surface area contributed by atoms with Crippen LogP contribution in [0.3, 0.4) is 0 Å². The van der Waals surface area contributed by atoms with Crippen LogP contribution >= 0.6 is 0 Å². The Labute approximate surface area is 149 Å². The van der Waals surface area contributed by atoms with Gasteiger partial charge in [0.25, 0.3) is 5.88 Å². The molecule has 0 atom stereocenters. The van der Waals surface area contributed by atoms with Gasteiger partial charge in [-0.25, -0.2) is 13.1 Å². The molecule has 0 fully saturated rings. The summed E-state index contributed by atoms with van der Waals surface area (Å²) in [5.74, 6) is -2.22. The molecule has 2 aromatic heterocycles. The van der Waals surface area contributed by atoms with Crippen molar-refractivity contribution in [1.29, 1.82) is 0 Å². The second kappa shape index (κ2) is 6.68. The number of ether oxygens (including phenoxy) is 1. The molecule has 8 nitrogen and oxygen atoms in total. The summed E-state index contributed by atoms with van der Waals surface area (Å²) >= 11 is 0. The van der Waals surface area contributed by atoms with E-state index in [2.05, 4.69) is 9.71 Å². The van der Waals surface area contributed by atoms with Gasteiger partial charge in [-0.05, 0) is 19.1 Å². The van der Waals surface area contributed by atoms with Crippen molar-refractivity contribution in [3.05, 3.63) is 36.5 Å². The average Bonchev–Trinajstić information content (AvgIpc) is 2.89. The molecule has 0 bridgehead atoms. The van der Waals surface area contributed by atoms with E-state index in [-0.39, 0.29) is 23.1 Å². The summed E-state index contributed by atoms with van der Waals surface area (Å²) in [4.78, 5) is 15.6. The van der Waals surface area contributed by atoms with E-state index in [0.29, 0.717) is 16.5 Å². The number of carbonyl (C=O) groups excluding carboxylic acids is 1. The Kier molecular flexibility index (Phi) is 4.56. The number of hydrogen-bond donors (Lipinski definition) is 2. The highest BCUT2D eigenvalue weighted by molar-refractivity contribution is 7.92. The molecule has 0 saturated heterocycles. The Hall–Kier alpha value is -3.07. The van der Waals surface area contributed by atoms with Gasteiger partial charge in [0.2, 0.25) is 21.5 Å². The van der Waals surface area contributed by atoms with Crippen LogP contribution in [0.15, 0.2) is 40.9 Å². The molecule has 3 rings (SSSR count). The van der Waals surface area contributed by atoms with Crippen LogP contribution in [-0.2, 0) is 14.8 Å². The molecule has 0 amide bonds. The van der Waals surface area contributed by atoms with Crippen LogP contribution in [0.4, 0.5) is 5.88 Å². The molecule has 0 spiro atoms. The van der Waals surface area contributed by atoms with Crippen LogP contribution < -0.4 is 9.46 Å². The Balaban J connectivity index is 2.22. The van der Waals surface area contributed by atoms with Gasteiger partial charge in [0.05, 0.1) is 11.3 Å². The van der Waals surface area contributed by atoms with Gasteiger partial charge in [-0.2, -0.15) is 0 Å². The molecule has 0 radical (unpaired) electrons. The molecular formula is C17H16N2O6S. The van der Waals surface area contributed by atoms with E-state index in [1.165, 1.54) is 13.1 Å². The van der Waals surface area contributed by atoms with Crippen LogP contribution in [0.1, 0.15) is 13.8 Å². The summed E-state index contributed by atoms with van der Waals surface area (Å²) in [6.07, 6.45) is 1.53. The second-order valence-corrected chi connectivity index (χ2v) is 7.42. The summed E-state index contributed by atoms with van der Waals surface area (Å²) in [6.45, 7) is 2.57. The van der Waals surface area contributed by atoms with E-state index in [1.54, 1.807) is 24.3 Å². The molecule has 3 aromatic rings. The van der Waals surface area contributed by atoms with E-state index in [9.17, 15) is 18.3 Å². The van der Waals surface area contributed by atoms with E-state index in [1.807, 2.05) is 6.07 Å². The van der Waals surface area contributed by atoms with Gasteiger partial charge in [0.15, 0.2) is 5.76 Å². The number of fused-ring (bicyclic) bond motifs is 1. The lowest BCUT2D eigenvalue weighted by Gasteiger charge is -2.04. The Morgan fingerprint density at radius 2 is 2.04 bits per heavy atom. The third-order valence-electron chi connectivity index (χ3n) is 3.61. The monoisotopic (exact) mass is 376 g/mol. The fourth-order valence-corrected chi connectivity index (χ4v) is 2.96. The second-order valence-electron chi connectivity index (χ2n) is 5.41. The van der Waals surface area contributed by atoms with Crippen molar-refractivity contribution < 1.29 is 27.5 Å². The van der Waals surface area contributed by atoms with Gasteiger partial charge in [0, 0.05) is 24.1 Å². The van der Waals surface area contributed by atoms with E-state index < -0.39 is 21.7 Å². The number of hydrogen-bond acceptors (Lipinski definition) is 7. The fraction of sp³-hybridized carbons (Fsp3) is 0.176. The number of anilines is 1. The van der Waals surface area contributed by atoms with Crippen LogP contribution in [0, 0.1) is 0 Å². The van der Waals surface area contributed by atoms with E-state index >= 15 is 0 Å². The number of nitrogens with one attached hydrogen (secondary N) is 1. The molecule has 1 aromatic carbocycles. The topological polar surface area (TPSA) is 119 Å². The summed E-state index contributed by atoms with van der Waals surface area (Å²) < 4.78 is 36.4. The first kappa shape index (κ1) is 17.7. The van der Waals surface area contributed by atoms with Gasteiger partial charge in [-0.3, -0.25) is 9.78 Å². The van der Waals surface area contributed by atoms with Crippen molar-refractivity contribution >= 4 is 32.8 Å². The van der Waals surface area contributed by atoms with Gasteiger partial charge >= 0.3 is 5.97 Å². The number of furan rings is 1. The van der Waals surface area contributed by atoms with Crippen molar-refractivity contribution in [1.82, 2.24) is 4.98 Å². The predicted octanol–water partition coefficient (Wildman–Crippen LogP) is 2.89. The molecule has 0 unspecified atom stereocenters. The SMILES string of the molecule is CCS(=O)(=O)Nc1oc(-c2ccnc3ccccc23)c(O)c1OC(C)=O. The van der Waals surface area contributed by atoms with Gasteiger partial charge in [-0.15, -0.1) is 0 Å². The molecule has 0 aliphatic rings. The largest absolute Gasteiger partial charge is 0.502 e. The number of sulfonamides is 1. The molecule has 0 aliphatic heterocycles. The zero-order valence-electron chi connectivity index (χ0n) is 14.0. The number of nitrogens with zero attached hydrogens (tertiary/aromatic N) is 1. The minimum atomic E-state index is -3.72. The Morgan fingerprint density at radius 1 is 1.31 bits per heavy atom. The standard InChI is InChI=1S/C17H16N2O6S/c1-3-26(22,23)19-17-16(24-10(2)20)14(21)15(25-17)12-8-9-18-13-7-5-4-6-11(12)13/h4-9,19,21H,3H2,1-2H3. The van der Waals surface area contributed by atoms with E-state index in [0.717, 1.165) is 6.92 Å². The minimum Gasteiger partial charge on any atom is -0.502 e. The molecule has 136 valence electrons. The maximum absolute atomic E-state index is 11.9.